The lowest BCUT2D eigenvalue weighted by Crippen LogP contribution is -2.57. The number of ether oxygens (including phenoxy) is 1. The van der Waals surface area contributed by atoms with Gasteiger partial charge in [0.2, 0.25) is 5.91 Å². The number of amidine groups is 1. The van der Waals surface area contributed by atoms with E-state index in [4.69, 9.17) is 15.7 Å². The van der Waals surface area contributed by atoms with Crippen LogP contribution in [0.4, 0.5) is 0 Å². The molecule has 0 heterocycles. The molecule has 6 nitrogen and oxygen atoms in total. The number of hydrogen-bond donors (Lipinski definition) is 3. The Morgan fingerprint density at radius 2 is 2.12 bits per heavy atom. The fraction of sp³-hybridized carbons (Fsp3) is 0.800. The van der Waals surface area contributed by atoms with Gasteiger partial charge >= 0.3 is 0 Å². The standard InChI is InChI=1S/C10H19N3O3/c1-7(16-2)8(14)12-10(9(11)13-15)5-3-4-6-10/h7,15H,3-6H2,1-2H3,(H2,11,13)(H,12,14). The molecule has 1 saturated carbocycles. The zero-order valence-electron chi connectivity index (χ0n) is 9.69. The highest BCUT2D eigenvalue weighted by atomic mass is 16.5. The number of hydrogen-bond acceptors (Lipinski definition) is 4. The van der Waals surface area contributed by atoms with Crippen LogP contribution in [0.25, 0.3) is 0 Å². The van der Waals surface area contributed by atoms with E-state index >= 15 is 0 Å². The van der Waals surface area contributed by atoms with Gasteiger partial charge in [0.15, 0.2) is 5.84 Å². The molecule has 4 N–H and O–H groups in total. The summed E-state index contributed by atoms with van der Waals surface area (Å²) in [5.74, 6) is -0.169. The Kier molecular flexibility index (Phi) is 4.12. The molecule has 16 heavy (non-hydrogen) atoms. The molecule has 1 rings (SSSR count). The lowest BCUT2D eigenvalue weighted by atomic mass is 9.95. The summed E-state index contributed by atoms with van der Waals surface area (Å²) in [4.78, 5) is 11.7. The van der Waals surface area contributed by atoms with Gasteiger partial charge in [0.1, 0.15) is 11.6 Å². The maximum atomic E-state index is 11.7. The molecule has 1 unspecified atom stereocenters. The van der Waals surface area contributed by atoms with Crippen molar-refractivity contribution in [3.05, 3.63) is 0 Å². The van der Waals surface area contributed by atoms with Crippen molar-refractivity contribution in [2.45, 2.75) is 44.2 Å². The summed E-state index contributed by atoms with van der Waals surface area (Å²) in [5.41, 5.74) is 4.95. The number of nitrogens with two attached hydrogens (primary N) is 1. The fourth-order valence-corrected chi connectivity index (χ4v) is 1.96. The van der Waals surface area contributed by atoms with Gasteiger partial charge in [-0.1, -0.05) is 18.0 Å². The van der Waals surface area contributed by atoms with E-state index in [0.717, 1.165) is 12.8 Å². The van der Waals surface area contributed by atoms with Gasteiger partial charge in [-0.2, -0.15) is 0 Å². The van der Waals surface area contributed by atoms with Crippen molar-refractivity contribution in [1.82, 2.24) is 5.32 Å². The smallest absolute Gasteiger partial charge is 0.249 e. The molecule has 0 saturated heterocycles. The molecule has 1 fully saturated rings. The van der Waals surface area contributed by atoms with Crippen LogP contribution in [0.1, 0.15) is 32.6 Å². The quantitative estimate of drug-likeness (QED) is 0.277. The van der Waals surface area contributed by atoms with Crippen LogP contribution in [-0.2, 0) is 9.53 Å². The first-order chi connectivity index (χ1) is 7.55. The van der Waals surface area contributed by atoms with Crippen LogP contribution in [0.2, 0.25) is 0 Å². The minimum absolute atomic E-state index is 0.0710. The number of carbonyl (C=O) groups is 1. The first-order valence-corrected chi connectivity index (χ1v) is 5.38. The van der Waals surface area contributed by atoms with E-state index in [-0.39, 0.29) is 11.7 Å². The molecule has 0 spiro atoms. The summed E-state index contributed by atoms with van der Waals surface area (Å²) in [6, 6.07) is 0. The molecule has 92 valence electrons. The summed E-state index contributed by atoms with van der Waals surface area (Å²) in [5, 5.41) is 14.6. The van der Waals surface area contributed by atoms with E-state index in [0.29, 0.717) is 12.8 Å². The summed E-state index contributed by atoms with van der Waals surface area (Å²) in [7, 11) is 1.47. The molecule has 0 aromatic heterocycles. The molecular weight excluding hydrogens is 210 g/mol. The lowest BCUT2D eigenvalue weighted by Gasteiger charge is -2.29. The molecule has 0 aromatic carbocycles. The van der Waals surface area contributed by atoms with Crippen LogP contribution in [0.5, 0.6) is 0 Å². The number of rotatable bonds is 4. The van der Waals surface area contributed by atoms with Crippen LogP contribution in [-0.4, -0.2) is 35.7 Å². The van der Waals surface area contributed by atoms with Crippen molar-refractivity contribution < 1.29 is 14.7 Å². The van der Waals surface area contributed by atoms with E-state index in [1.165, 1.54) is 7.11 Å². The summed E-state index contributed by atoms with van der Waals surface area (Å²) in [6.07, 6.45) is 2.77. The Hall–Kier alpha value is -1.30. The van der Waals surface area contributed by atoms with Crippen LogP contribution in [0.3, 0.4) is 0 Å². The molecular formula is C10H19N3O3. The summed E-state index contributed by atoms with van der Waals surface area (Å²) < 4.78 is 4.93. The van der Waals surface area contributed by atoms with Gasteiger partial charge in [-0.15, -0.1) is 0 Å². The van der Waals surface area contributed by atoms with Gasteiger partial charge in [0.05, 0.1) is 0 Å². The maximum Gasteiger partial charge on any atom is 0.249 e. The van der Waals surface area contributed by atoms with Crippen molar-refractivity contribution in [1.29, 1.82) is 0 Å². The Bertz CT molecular complexity index is 285. The molecule has 1 atom stereocenters. The Labute approximate surface area is 94.8 Å². The first kappa shape index (κ1) is 12.8. The zero-order valence-corrected chi connectivity index (χ0v) is 9.69. The van der Waals surface area contributed by atoms with Crippen LogP contribution >= 0.6 is 0 Å². The second-order valence-corrected chi connectivity index (χ2v) is 4.14. The second-order valence-electron chi connectivity index (χ2n) is 4.14. The molecule has 0 aliphatic heterocycles. The average Bonchev–Trinajstić information content (AvgIpc) is 2.76. The minimum atomic E-state index is -0.696. The largest absolute Gasteiger partial charge is 0.409 e. The predicted molar refractivity (Wildman–Crippen MR) is 59.2 cm³/mol. The number of oxime groups is 1. The average molecular weight is 229 g/mol. The third-order valence-electron chi connectivity index (χ3n) is 3.14. The van der Waals surface area contributed by atoms with Crippen LogP contribution in [0.15, 0.2) is 5.16 Å². The first-order valence-electron chi connectivity index (χ1n) is 5.38. The Morgan fingerprint density at radius 3 is 2.56 bits per heavy atom. The monoisotopic (exact) mass is 229 g/mol. The number of nitrogens with zero attached hydrogens (tertiary/aromatic N) is 1. The molecule has 1 aliphatic carbocycles. The summed E-state index contributed by atoms with van der Waals surface area (Å²) >= 11 is 0. The molecule has 6 heteroatoms. The lowest BCUT2D eigenvalue weighted by molar-refractivity contribution is -0.131. The highest BCUT2D eigenvalue weighted by molar-refractivity contribution is 5.95. The number of nitrogens with one attached hydrogen (secondary N) is 1. The van der Waals surface area contributed by atoms with Crippen molar-refractivity contribution >= 4 is 11.7 Å². The Balaban J connectivity index is 2.76. The molecule has 0 aromatic rings. The van der Waals surface area contributed by atoms with Crippen molar-refractivity contribution in [3.8, 4) is 0 Å². The highest BCUT2D eigenvalue weighted by Crippen LogP contribution is 2.30. The van der Waals surface area contributed by atoms with Gasteiger partial charge in [0, 0.05) is 7.11 Å². The van der Waals surface area contributed by atoms with Gasteiger partial charge in [-0.3, -0.25) is 4.79 Å². The summed E-state index contributed by atoms with van der Waals surface area (Å²) in [6.45, 7) is 1.66. The molecule has 0 bridgehead atoms. The van der Waals surface area contributed by atoms with Gasteiger partial charge in [0.25, 0.3) is 0 Å². The third-order valence-corrected chi connectivity index (χ3v) is 3.14. The molecule has 1 aliphatic rings. The van der Waals surface area contributed by atoms with Crippen LogP contribution in [0, 0.1) is 0 Å². The number of amides is 1. The zero-order chi connectivity index (χ0) is 12.2. The molecule has 1 amide bonds. The SMILES string of the molecule is COC(C)C(=O)NC1(C(N)=NO)CCCC1. The van der Waals surface area contributed by atoms with Crippen molar-refractivity contribution in [3.63, 3.8) is 0 Å². The number of methoxy groups -OCH3 is 1. The third kappa shape index (κ3) is 2.44. The maximum absolute atomic E-state index is 11.7. The van der Waals surface area contributed by atoms with E-state index in [9.17, 15) is 4.79 Å². The van der Waals surface area contributed by atoms with Crippen molar-refractivity contribution in [2.24, 2.45) is 10.9 Å². The second kappa shape index (κ2) is 5.16. The minimum Gasteiger partial charge on any atom is -0.409 e. The molecule has 0 radical (unpaired) electrons. The van der Waals surface area contributed by atoms with E-state index in [1.54, 1.807) is 6.92 Å². The fourth-order valence-electron chi connectivity index (χ4n) is 1.96. The van der Waals surface area contributed by atoms with E-state index < -0.39 is 11.6 Å². The topological polar surface area (TPSA) is 96.9 Å². The van der Waals surface area contributed by atoms with Gasteiger partial charge in [-0.05, 0) is 19.8 Å². The normalized spacial score (nSPS) is 21.8. The Morgan fingerprint density at radius 1 is 1.56 bits per heavy atom. The van der Waals surface area contributed by atoms with E-state index in [1.807, 2.05) is 0 Å². The van der Waals surface area contributed by atoms with Crippen molar-refractivity contribution in [2.75, 3.05) is 7.11 Å². The van der Waals surface area contributed by atoms with Gasteiger partial charge in [-0.25, -0.2) is 0 Å². The predicted octanol–water partition coefficient (Wildman–Crippen LogP) is 0.197. The van der Waals surface area contributed by atoms with Gasteiger partial charge < -0.3 is 21.0 Å². The van der Waals surface area contributed by atoms with E-state index in [2.05, 4.69) is 10.5 Å². The van der Waals surface area contributed by atoms with Crippen LogP contribution < -0.4 is 11.1 Å². The highest BCUT2D eigenvalue weighted by Gasteiger charge is 2.40. The number of carbonyl (C=O) groups excluding carboxylic acids is 1.